The summed E-state index contributed by atoms with van der Waals surface area (Å²) < 4.78 is 5.57. The van der Waals surface area contributed by atoms with Gasteiger partial charge in [-0.25, -0.2) is 9.97 Å². The molecule has 1 aliphatic rings. The SMILES string of the molecule is CNC(=O)c1ccc(C(C)[C@H](C)CNc2cc(-c3ccc4c(c3)CC(=O)N4)ncn2)c(OC)c1. The quantitative estimate of drug-likeness (QED) is 0.472. The zero-order valence-electron chi connectivity index (χ0n) is 19.8. The predicted molar refractivity (Wildman–Crippen MR) is 132 cm³/mol. The van der Waals surface area contributed by atoms with Crippen molar-refractivity contribution in [2.24, 2.45) is 5.92 Å². The third kappa shape index (κ3) is 4.85. The van der Waals surface area contributed by atoms with Crippen LogP contribution in [-0.2, 0) is 11.2 Å². The summed E-state index contributed by atoms with van der Waals surface area (Å²) in [5.74, 6) is 1.76. The highest BCUT2D eigenvalue weighted by molar-refractivity contribution is 5.99. The summed E-state index contributed by atoms with van der Waals surface area (Å²) in [7, 11) is 3.23. The van der Waals surface area contributed by atoms with Crippen LogP contribution in [0, 0.1) is 5.92 Å². The minimum atomic E-state index is -0.141. The van der Waals surface area contributed by atoms with Gasteiger partial charge in [0.2, 0.25) is 5.91 Å². The Kier molecular flexibility index (Phi) is 6.77. The molecule has 0 radical (unpaired) electrons. The molecule has 3 aromatic rings. The van der Waals surface area contributed by atoms with Crippen LogP contribution < -0.4 is 20.7 Å². The molecule has 4 rings (SSSR count). The van der Waals surface area contributed by atoms with Gasteiger partial charge in [0.05, 0.1) is 19.2 Å². The van der Waals surface area contributed by atoms with E-state index < -0.39 is 0 Å². The van der Waals surface area contributed by atoms with Gasteiger partial charge in [-0.2, -0.15) is 0 Å². The number of hydrogen-bond donors (Lipinski definition) is 3. The van der Waals surface area contributed by atoms with Gasteiger partial charge in [0.1, 0.15) is 17.9 Å². The number of aromatic nitrogens is 2. The van der Waals surface area contributed by atoms with E-state index in [0.29, 0.717) is 24.3 Å². The summed E-state index contributed by atoms with van der Waals surface area (Å²) in [5, 5.41) is 8.91. The van der Waals surface area contributed by atoms with Crippen molar-refractivity contribution in [3.8, 4) is 17.0 Å². The molecule has 1 unspecified atom stereocenters. The molecule has 2 heterocycles. The van der Waals surface area contributed by atoms with E-state index in [-0.39, 0.29) is 23.7 Å². The number of amides is 2. The molecule has 0 spiro atoms. The standard InChI is InChI=1S/C26H29N5O3/c1-15(16(2)20-7-5-18(26(33)27-3)10-23(20)34-4)13-28-24-12-22(29-14-30-24)17-6-8-21-19(9-17)11-25(32)31-21/h5-10,12,14-16H,11,13H2,1-4H3,(H,27,33)(H,31,32)(H,28,29,30)/t15-,16?/m1/s1. The minimum absolute atomic E-state index is 0.0141. The first-order chi connectivity index (χ1) is 16.4. The van der Waals surface area contributed by atoms with E-state index in [1.807, 2.05) is 36.4 Å². The fourth-order valence-corrected chi connectivity index (χ4v) is 4.12. The van der Waals surface area contributed by atoms with Gasteiger partial charge in [-0.1, -0.05) is 26.0 Å². The van der Waals surface area contributed by atoms with Crippen molar-refractivity contribution in [3.63, 3.8) is 0 Å². The third-order valence-electron chi connectivity index (χ3n) is 6.37. The second-order valence-electron chi connectivity index (χ2n) is 8.57. The number of carbonyl (C=O) groups excluding carboxylic acids is 2. The average Bonchev–Trinajstić information content (AvgIpc) is 3.25. The van der Waals surface area contributed by atoms with Crippen LogP contribution in [0.25, 0.3) is 11.3 Å². The van der Waals surface area contributed by atoms with Crippen LogP contribution in [0.15, 0.2) is 48.8 Å². The molecular formula is C26H29N5O3. The van der Waals surface area contributed by atoms with Gasteiger partial charge in [-0.3, -0.25) is 9.59 Å². The van der Waals surface area contributed by atoms with Crippen LogP contribution in [0.5, 0.6) is 5.75 Å². The summed E-state index contributed by atoms with van der Waals surface area (Å²) >= 11 is 0. The third-order valence-corrected chi connectivity index (χ3v) is 6.37. The maximum absolute atomic E-state index is 11.9. The fourth-order valence-electron chi connectivity index (χ4n) is 4.12. The van der Waals surface area contributed by atoms with Crippen molar-refractivity contribution in [1.29, 1.82) is 0 Å². The zero-order chi connectivity index (χ0) is 24.2. The van der Waals surface area contributed by atoms with Gasteiger partial charge < -0.3 is 20.7 Å². The Morgan fingerprint density at radius 3 is 2.74 bits per heavy atom. The lowest BCUT2D eigenvalue weighted by molar-refractivity contribution is -0.115. The number of hydrogen-bond acceptors (Lipinski definition) is 6. The van der Waals surface area contributed by atoms with E-state index in [0.717, 1.165) is 33.9 Å². The molecule has 3 N–H and O–H groups in total. The van der Waals surface area contributed by atoms with Crippen molar-refractivity contribution in [3.05, 3.63) is 65.5 Å². The Bertz CT molecular complexity index is 1230. The minimum Gasteiger partial charge on any atom is -0.496 e. The fraction of sp³-hybridized carbons (Fsp3) is 0.308. The van der Waals surface area contributed by atoms with E-state index in [1.165, 1.54) is 0 Å². The van der Waals surface area contributed by atoms with Crippen molar-refractivity contribution in [2.45, 2.75) is 26.2 Å². The average molecular weight is 460 g/mol. The summed E-state index contributed by atoms with van der Waals surface area (Å²) in [5.41, 5.74) is 5.21. The normalized spacial score (nSPS) is 14.1. The summed E-state index contributed by atoms with van der Waals surface area (Å²) in [4.78, 5) is 32.4. The number of anilines is 2. The molecule has 0 aliphatic carbocycles. The Morgan fingerprint density at radius 2 is 1.97 bits per heavy atom. The van der Waals surface area contributed by atoms with E-state index in [1.54, 1.807) is 26.6 Å². The predicted octanol–water partition coefficient (Wildman–Crippen LogP) is 3.86. The van der Waals surface area contributed by atoms with Crippen LogP contribution in [-0.4, -0.2) is 42.5 Å². The molecule has 0 fully saturated rings. The van der Waals surface area contributed by atoms with Crippen LogP contribution in [0.1, 0.15) is 41.3 Å². The smallest absolute Gasteiger partial charge is 0.251 e. The van der Waals surface area contributed by atoms with Gasteiger partial charge >= 0.3 is 0 Å². The number of benzene rings is 2. The largest absolute Gasteiger partial charge is 0.496 e. The first-order valence-corrected chi connectivity index (χ1v) is 11.3. The van der Waals surface area contributed by atoms with Crippen molar-refractivity contribution in [2.75, 3.05) is 31.3 Å². The highest BCUT2D eigenvalue weighted by Crippen LogP contribution is 2.33. The lowest BCUT2D eigenvalue weighted by atomic mass is 9.87. The number of ether oxygens (including phenoxy) is 1. The topological polar surface area (TPSA) is 105 Å². The van der Waals surface area contributed by atoms with E-state index in [4.69, 9.17) is 4.74 Å². The monoisotopic (exact) mass is 459 g/mol. The van der Waals surface area contributed by atoms with Gasteiger partial charge in [0, 0.05) is 36.5 Å². The highest BCUT2D eigenvalue weighted by Gasteiger charge is 2.21. The molecule has 8 heteroatoms. The summed E-state index contributed by atoms with van der Waals surface area (Å²) in [6.07, 6.45) is 1.94. The van der Waals surface area contributed by atoms with E-state index in [9.17, 15) is 9.59 Å². The Hall–Kier alpha value is -3.94. The maximum atomic E-state index is 11.9. The number of nitrogens with one attached hydrogen (secondary N) is 3. The number of fused-ring (bicyclic) bond motifs is 1. The van der Waals surface area contributed by atoms with E-state index in [2.05, 4.69) is 39.8 Å². The lowest BCUT2D eigenvalue weighted by Crippen LogP contribution is -2.20. The van der Waals surface area contributed by atoms with Crippen molar-refractivity contribution >= 4 is 23.3 Å². The molecule has 1 aromatic heterocycles. The van der Waals surface area contributed by atoms with Crippen LogP contribution in [0.4, 0.5) is 11.5 Å². The van der Waals surface area contributed by atoms with E-state index >= 15 is 0 Å². The summed E-state index contributed by atoms with van der Waals surface area (Å²) in [6.45, 7) is 5.01. The second kappa shape index (κ2) is 9.91. The number of rotatable bonds is 8. The molecule has 8 nitrogen and oxygen atoms in total. The molecular weight excluding hydrogens is 430 g/mol. The molecule has 0 saturated carbocycles. The summed E-state index contributed by atoms with van der Waals surface area (Å²) in [6, 6.07) is 13.3. The molecule has 34 heavy (non-hydrogen) atoms. The zero-order valence-corrected chi connectivity index (χ0v) is 19.8. The maximum Gasteiger partial charge on any atom is 0.251 e. The van der Waals surface area contributed by atoms with Crippen molar-refractivity contribution in [1.82, 2.24) is 15.3 Å². The Morgan fingerprint density at radius 1 is 1.15 bits per heavy atom. The first-order valence-electron chi connectivity index (χ1n) is 11.3. The molecule has 0 saturated heterocycles. The Balaban J connectivity index is 1.44. The number of methoxy groups -OCH3 is 1. The number of carbonyl (C=O) groups is 2. The van der Waals surface area contributed by atoms with Crippen LogP contribution in [0.3, 0.4) is 0 Å². The van der Waals surface area contributed by atoms with Crippen LogP contribution >= 0.6 is 0 Å². The molecule has 0 bridgehead atoms. The Labute approximate surface area is 199 Å². The highest BCUT2D eigenvalue weighted by atomic mass is 16.5. The lowest BCUT2D eigenvalue weighted by Gasteiger charge is -2.23. The van der Waals surface area contributed by atoms with Gasteiger partial charge in [0.15, 0.2) is 0 Å². The molecule has 1 aliphatic heterocycles. The molecule has 2 amide bonds. The molecule has 2 aromatic carbocycles. The first kappa shape index (κ1) is 23.2. The number of nitrogens with zero attached hydrogens (tertiary/aromatic N) is 2. The van der Waals surface area contributed by atoms with Crippen molar-refractivity contribution < 1.29 is 14.3 Å². The van der Waals surface area contributed by atoms with Crippen LogP contribution in [0.2, 0.25) is 0 Å². The van der Waals surface area contributed by atoms with Gasteiger partial charge in [0.25, 0.3) is 5.91 Å². The van der Waals surface area contributed by atoms with Gasteiger partial charge in [-0.05, 0) is 47.2 Å². The van der Waals surface area contributed by atoms with Gasteiger partial charge in [-0.15, -0.1) is 0 Å². The second-order valence-corrected chi connectivity index (χ2v) is 8.57. The molecule has 2 atom stereocenters. The molecule has 176 valence electrons.